The third kappa shape index (κ3) is 25.6. The highest BCUT2D eigenvalue weighted by Crippen LogP contribution is 2.34. The molecule has 0 aromatic carbocycles. The second-order valence-electron chi connectivity index (χ2n) is 1.55. The van der Waals surface area contributed by atoms with Crippen molar-refractivity contribution in [1.29, 1.82) is 0 Å². The standard InChI is InChI=1S/C2H7N.C2H7O5P/c1-3-2;3-1-2-7-8(4,5)6/h3H,1-2H3;3H,1-2H2,(H2,4,5,6). The van der Waals surface area contributed by atoms with Gasteiger partial charge in [-0.15, -0.1) is 0 Å². The van der Waals surface area contributed by atoms with E-state index in [1.165, 1.54) is 0 Å². The van der Waals surface area contributed by atoms with E-state index in [1.807, 2.05) is 14.1 Å². The Kier molecular flexibility index (Phi) is 10.1. The van der Waals surface area contributed by atoms with E-state index in [0.29, 0.717) is 0 Å². The van der Waals surface area contributed by atoms with E-state index in [9.17, 15) is 4.57 Å². The van der Waals surface area contributed by atoms with Gasteiger partial charge in [0.15, 0.2) is 0 Å². The molecule has 11 heavy (non-hydrogen) atoms. The zero-order valence-electron chi connectivity index (χ0n) is 6.52. The lowest BCUT2D eigenvalue weighted by molar-refractivity contribution is 0.151. The normalized spacial score (nSPS) is 10.3. The molecule has 0 aliphatic carbocycles. The van der Waals surface area contributed by atoms with E-state index in [-0.39, 0.29) is 13.2 Å². The summed E-state index contributed by atoms with van der Waals surface area (Å²) in [5, 5.41) is 10.7. The second-order valence-corrected chi connectivity index (χ2v) is 2.79. The molecule has 0 radical (unpaired) electrons. The third-order valence-electron chi connectivity index (χ3n) is 0.351. The lowest BCUT2D eigenvalue weighted by atomic mass is 10.8. The van der Waals surface area contributed by atoms with Gasteiger partial charge in [0.25, 0.3) is 0 Å². The van der Waals surface area contributed by atoms with Crippen LogP contribution in [0, 0.1) is 0 Å². The van der Waals surface area contributed by atoms with Gasteiger partial charge in [-0.2, -0.15) is 0 Å². The smallest absolute Gasteiger partial charge is 0.394 e. The van der Waals surface area contributed by atoms with Crippen molar-refractivity contribution >= 4 is 7.82 Å². The van der Waals surface area contributed by atoms with Crippen molar-refractivity contribution in [3.05, 3.63) is 0 Å². The van der Waals surface area contributed by atoms with Gasteiger partial charge in [0, 0.05) is 0 Å². The SMILES string of the molecule is CNC.O=P(O)(O)OCCO. The molecule has 6 nitrogen and oxygen atoms in total. The largest absolute Gasteiger partial charge is 0.469 e. The number of phosphoric acid groups is 1. The maximum Gasteiger partial charge on any atom is 0.469 e. The van der Waals surface area contributed by atoms with Gasteiger partial charge >= 0.3 is 7.82 Å². The number of rotatable bonds is 3. The number of aliphatic hydroxyl groups excluding tert-OH is 1. The summed E-state index contributed by atoms with van der Waals surface area (Å²) >= 11 is 0. The predicted octanol–water partition coefficient (Wildman–Crippen LogP) is -1.08. The number of hydrogen-bond acceptors (Lipinski definition) is 4. The van der Waals surface area contributed by atoms with E-state index in [4.69, 9.17) is 14.9 Å². The predicted molar refractivity (Wildman–Crippen MR) is 40.1 cm³/mol. The molecule has 0 aromatic heterocycles. The van der Waals surface area contributed by atoms with Crippen LogP contribution in [-0.2, 0) is 9.09 Å². The Morgan fingerprint density at radius 2 is 1.82 bits per heavy atom. The molecule has 0 unspecified atom stereocenters. The highest BCUT2D eigenvalue weighted by atomic mass is 31.2. The first-order chi connectivity index (χ1) is 4.97. The first-order valence-electron chi connectivity index (χ1n) is 2.87. The van der Waals surface area contributed by atoms with E-state index < -0.39 is 7.82 Å². The molecule has 0 aliphatic heterocycles. The molecule has 0 heterocycles. The molecule has 0 saturated heterocycles. The molecular formula is C4H14NO5P. The maximum atomic E-state index is 9.75. The van der Waals surface area contributed by atoms with Crippen LogP contribution in [0.5, 0.6) is 0 Å². The Balaban J connectivity index is 0. The van der Waals surface area contributed by atoms with Gasteiger partial charge in [0.05, 0.1) is 13.2 Å². The molecule has 0 aliphatic rings. The van der Waals surface area contributed by atoms with E-state index in [0.717, 1.165) is 0 Å². The van der Waals surface area contributed by atoms with Crippen LogP contribution >= 0.6 is 7.82 Å². The molecule has 0 bridgehead atoms. The summed E-state index contributed by atoms with van der Waals surface area (Å²) in [6.07, 6.45) is 0. The van der Waals surface area contributed by atoms with Crippen LogP contribution in [-0.4, -0.2) is 42.2 Å². The fraction of sp³-hybridized carbons (Fsp3) is 1.00. The zero-order chi connectivity index (χ0) is 9.33. The minimum absolute atomic E-state index is 0.329. The lowest BCUT2D eigenvalue weighted by Crippen LogP contribution is -1.95. The van der Waals surface area contributed by atoms with Crippen molar-refractivity contribution in [2.75, 3.05) is 27.3 Å². The van der Waals surface area contributed by atoms with Gasteiger partial charge in [0.2, 0.25) is 0 Å². The van der Waals surface area contributed by atoms with Crippen LogP contribution in [0.25, 0.3) is 0 Å². The molecule has 7 heteroatoms. The van der Waals surface area contributed by atoms with Crippen LogP contribution in [0.3, 0.4) is 0 Å². The van der Waals surface area contributed by atoms with Crippen molar-refractivity contribution in [3.8, 4) is 0 Å². The third-order valence-corrected chi connectivity index (χ3v) is 0.870. The summed E-state index contributed by atoms with van der Waals surface area (Å²) in [5.74, 6) is 0. The van der Waals surface area contributed by atoms with Crippen molar-refractivity contribution < 1.29 is 24.0 Å². The Bertz CT molecular complexity index is 113. The van der Waals surface area contributed by atoms with Crippen molar-refractivity contribution in [2.24, 2.45) is 0 Å². The number of hydrogen-bond donors (Lipinski definition) is 4. The fourth-order valence-electron chi connectivity index (χ4n) is 0.160. The molecule has 70 valence electrons. The fourth-order valence-corrected chi connectivity index (χ4v) is 0.479. The van der Waals surface area contributed by atoms with Crippen LogP contribution < -0.4 is 5.32 Å². The zero-order valence-corrected chi connectivity index (χ0v) is 7.41. The van der Waals surface area contributed by atoms with E-state index in [1.54, 1.807) is 0 Å². The number of phosphoric ester groups is 1. The molecule has 0 rings (SSSR count). The molecule has 4 N–H and O–H groups in total. The molecule has 0 aromatic rings. The Hall–Kier alpha value is 0.0300. The van der Waals surface area contributed by atoms with Crippen molar-refractivity contribution in [3.63, 3.8) is 0 Å². The average Bonchev–Trinajstić information content (AvgIpc) is 1.84. The monoisotopic (exact) mass is 187 g/mol. The summed E-state index contributed by atoms with van der Waals surface area (Å²) in [7, 11) is -0.592. The van der Waals surface area contributed by atoms with Crippen LogP contribution in [0.2, 0.25) is 0 Å². The summed E-state index contributed by atoms with van der Waals surface area (Å²) in [5.41, 5.74) is 0. The van der Waals surface area contributed by atoms with Crippen LogP contribution in [0.1, 0.15) is 0 Å². The Morgan fingerprint density at radius 3 is 1.91 bits per heavy atom. The minimum Gasteiger partial charge on any atom is -0.394 e. The second kappa shape index (κ2) is 8.13. The number of aliphatic hydroxyl groups is 1. The maximum absolute atomic E-state index is 9.75. The minimum atomic E-state index is -4.34. The molecule has 0 spiro atoms. The molecular weight excluding hydrogens is 173 g/mol. The van der Waals surface area contributed by atoms with Crippen LogP contribution in [0.4, 0.5) is 0 Å². The van der Waals surface area contributed by atoms with Gasteiger partial charge in [-0.25, -0.2) is 4.57 Å². The summed E-state index contributed by atoms with van der Waals surface area (Å²) in [6, 6.07) is 0. The summed E-state index contributed by atoms with van der Waals surface area (Å²) in [6.45, 7) is -0.713. The Labute approximate surface area is 65.4 Å². The molecule has 0 amide bonds. The van der Waals surface area contributed by atoms with Crippen LogP contribution in [0.15, 0.2) is 0 Å². The number of nitrogens with one attached hydrogen (secondary N) is 1. The van der Waals surface area contributed by atoms with Crippen molar-refractivity contribution in [1.82, 2.24) is 5.32 Å². The van der Waals surface area contributed by atoms with Crippen molar-refractivity contribution in [2.45, 2.75) is 0 Å². The highest BCUT2D eigenvalue weighted by molar-refractivity contribution is 7.46. The Morgan fingerprint density at radius 1 is 1.45 bits per heavy atom. The van der Waals surface area contributed by atoms with Gasteiger partial charge < -0.3 is 20.2 Å². The van der Waals surface area contributed by atoms with Gasteiger partial charge in [-0.05, 0) is 14.1 Å². The first kappa shape index (κ1) is 13.6. The quantitative estimate of drug-likeness (QED) is 0.419. The summed E-state index contributed by atoms with van der Waals surface area (Å²) in [4.78, 5) is 15.9. The molecule has 0 atom stereocenters. The van der Waals surface area contributed by atoms with Gasteiger partial charge in [0.1, 0.15) is 0 Å². The van der Waals surface area contributed by atoms with E-state index >= 15 is 0 Å². The first-order valence-corrected chi connectivity index (χ1v) is 4.40. The summed E-state index contributed by atoms with van der Waals surface area (Å²) < 4.78 is 13.5. The average molecular weight is 187 g/mol. The molecule has 0 fully saturated rings. The topological polar surface area (TPSA) is 99.0 Å². The molecule has 0 saturated carbocycles. The lowest BCUT2D eigenvalue weighted by Gasteiger charge is -2.00. The van der Waals surface area contributed by atoms with Gasteiger partial charge in [-0.3, -0.25) is 4.52 Å². The highest BCUT2D eigenvalue weighted by Gasteiger charge is 2.11. The van der Waals surface area contributed by atoms with E-state index in [2.05, 4.69) is 9.84 Å². The van der Waals surface area contributed by atoms with Gasteiger partial charge in [-0.1, -0.05) is 0 Å².